The predicted octanol–water partition coefficient (Wildman–Crippen LogP) is 1.16. The van der Waals surface area contributed by atoms with Crippen LogP contribution >= 0.6 is 0 Å². The molecule has 0 bridgehead atoms. The number of carboxylic acid groups (broad SMARTS) is 1. The van der Waals surface area contributed by atoms with Crippen LogP contribution in [0.15, 0.2) is 23.1 Å². The highest BCUT2D eigenvalue weighted by Crippen LogP contribution is 2.23. The van der Waals surface area contributed by atoms with E-state index in [4.69, 9.17) is 9.47 Å². The third-order valence-corrected chi connectivity index (χ3v) is 5.33. The molecule has 128 valence electrons. The Morgan fingerprint density at radius 2 is 2.26 bits per heavy atom. The molecule has 0 radical (unpaired) electrons. The lowest BCUT2D eigenvalue weighted by molar-refractivity contribution is -0.139. The Bertz CT molecular complexity index is 667. The lowest BCUT2D eigenvalue weighted by Crippen LogP contribution is -2.42. The van der Waals surface area contributed by atoms with Crippen molar-refractivity contribution >= 4 is 16.0 Å². The highest BCUT2D eigenvalue weighted by Gasteiger charge is 2.29. The van der Waals surface area contributed by atoms with Gasteiger partial charge in [0.25, 0.3) is 0 Å². The first-order valence-electron chi connectivity index (χ1n) is 7.31. The molecule has 1 aromatic carbocycles. The van der Waals surface area contributed by atoms with E-state index in [0.29, 0.717) is 24.5 Å². The lowest BCUT2D eigenvalue weighted by atomic mass is 10.00. The van der Waals surface area contributed by atoms with E-state index in [0.717, 1.165) is 6.42 Å². The second-order valence-corrected chi connectivity index (χ2v) is 7.32. The van der Waals surface area contributed by atoms with Crippen LogP contribution in [0.1, 0.15) is 18.4 Å². The maximum Gasteiger partial charge on any atom is 0.321 e. The van der Waals surface area contributed by atoms with Crippen LogP contribution in [-0.4, -0.2) is 45.9 Å². The van der Waals surface area contributed by atoms with E-state index in [1.807, 2.05) is 0 Å². The SMILES string of the molecule is COc1ccc(S(=O)(=O)NC(CC2CCOC2)C(=O)O)cc1C. The summed E-state index contributed by atoms with van der Waals surface area (Å²) in [5, 5.41) is 9.29. The standard InChI is InChI=1S/C15H21NO6S/c1-10-7-12(3-4-14(10)21-2)23(19,20)16-13(15(17)18)8-11-5-6-22-9-11/h3-4,7,11,13,16H,5-6,8-9H2,1-2H3,(H,17,18). The highest BCUT2D eigenvalue weighted by molar-refractivity contribution is 7.89. The quantitative estimate of drug-likeness (QED) is 0.770. The number of aryl methyl sites for hydroxylation is 1. The summed E-state index contributed by atoms with van der Waals surface area (Å²) < 4.78 is 37.4. The predicted molar refractivity (Wildman–Crippen MR) is 83.0 cm³/mol. The minimum Gasteiger partial charge on any atom is -0.496 e. The molecule has 2 rings (SSSR count). The minimum absolute atomic E-state index is 0.0183. The third kappa shape index (κ3) is 4.43. The van der Waals surface area contributed by atoms with Crippen molar-refractivity contribution in [1.82, 2.24) is 4.72 Å². The average molecular weight is 343 g/mol. The van der Waals surface area contributed by atoms with Gasteiger partial charge in [0.2, 0.25) is 10.0 Å². The Labute approximate surface area is 135 Å². The summed E-state index contributed by atoms with van der Waals surface area (Å²) in [6.45, 7) is 2.77. The number of aliphatic carboxylic acids is 1. The van der Waals surface area contributed by atoms with Crippen molar-refractivity contribution in [2.75, 3.05) is 20.3 Å². The van der Waals surface area contributed by atoms with Crippen molar-refractivity contribution in [2.45, 2.75) is 30.7 Å². The van der Waals surface area contributed by atoms with Crippen LogP contribution in [0.3, 0.4) is 0 Å². The summed E-state index contributed by atoms with van der Waals surface area (Å²) in [7, 11) is -2.42. The zero-order valence-electron chi connectivity index (χ0n) is 13.1. The zero-order valence-corrected chi connectivity index (χ0v) is 13.9. The summed E-state index contributed by atoms with van der Waals surface area (Å²) in [6.07, 6.45) is 0.955. The number of ether oxygens (including phenoxy) is 2. The van der Waals surface area contributed by atoms with Gasteiger partial charge < -0.3 is 14.6 Å². The van der Waals surface area contributed by atoms with Crippen LogP contribution in [0, 0.1) is 12.8 Å². The van der Waals surface area contributed by atoms with E-state index in [-0.39, 0.29) is 17.2 Å². The number of hydrogen-bond donors (Lipinski definition) is 2. The van der Waals surface area contributed by atoms with Crippen molar-refractivity contribution in [3.8, 4) is 5.75 Å². The van der Waals surface area contributed by atoms with Crippen molar-refractivity contribution in [2.24, 2.45) is 5.92 Å². The molecule has 1 saturated heterocycles. The summed E-state index contributed by atoms with van der Waals surface area (Å²) in [4.78, 5) is 11.4. The molecule has 0 saturated carbocycles. The first-order valence-corrected chi connectivity index (χ1v) is 8.79. The Balaban J connectivity index is 2.16. The molecule has 8 heteroatoms. The Morgan fingerprint density at radius 3 is 2.78 bits per heavy atom. The van der Waals surface area contributed by atoms with Gasteiger partial charge in [-0.25, -0.2) is 8.42 Å². The van der Waals surface area contributed by atoms with Gasteiger partial charge in [0, 0.05) is 13.2 Å². The van der Waals surface area contributed by atoms with Crippen LogP contribution in [0.5, 0.6) is 5.75 Å². The highest BCUT2D eigenvalue weighted by atomic mass is 32.2. The van der Waals surface area contributed by atoms with Gasteiger partial charge in [0.05, 0.1) is 12.0 Å². The number of hydrogen-bond acceptors (Lipinski definition) is 5. The topological polar surface area (TPSA) is 102 Å². The average Bonchev–Trinajstić information content (AvgIpc) is 2.99. The number of rotatable bonds is 7. The van der Waals surface area contributed by atoms with Crippen LogP contribution in [0.25, 0.3) is 0 Å². The largest absolute Gasteiger partial charge is 0.496 e. The monoisotopic (exact) mass is 343 g/mol. The van der Waals surface area contributed by atoms with Gasteiger partial charge >= 0.3 is 5.97 Å². The molecular weight excluding hydrogens is 322 g/mol. The van der Waals surface area contributed by atoms with Gasteiger partial charge in [-0.1, -0.05) is 0 Å². The molecule has 1 aliphatic rings. The number of carboxylic acids is 1. The van der Waals surface area contributed by atoms with Gasteiger partial charge in [-0.15, -0.1) is 0 Å². The molecule has 2 N–H and O–H groups in total. The van der Waals surface area contributed by atoms with Crippen LogP contribution in [-0.2, 0) is 19.6 Å². The fraction of sp³-hybridized carbons (Fsp3) is 0.533. The molecule has 23 heavy (non-hydrogen) atoms. The maximum absolute atomic E-state index is 12.4. The molecule has 0 aliphatic carbocycles. The third-order valence-electron chi connectivity index (χ3n) is 3.87. The second-order valence-electron chi connectivity index (χ2n) is 5.61. The molecule has 1 aliphatic heterocycles. The lowest BCUT2D eigenvalue weighted by Gasteiger charge is -2.18. The van der Waals surface area contributed by atoms with E-state index in [2.05, 4.69) is 4.72 Å². The van der Waals surface area contributed by atoms with Crippen LogP contribution < -0.4 is 9.46 Å². The van der Waals surface area contributed by atoms with Gasteiger partial charge in [0.15, 0.2) is 0 Å². The van der Waals surface area contributed by atoms with Crippen molar-refractivity contribution in [1.29, 1.82) is 0 Å². The molecule has 0 amide bonds. The van der Waals surface area contributed by atoms with E-state index in [1.165, 1.54) is 19.2 Å². The summed E-state index contributed by atoms with van der Waals surface area (Å²) in [5.41, 5.74) is 0.659. The maximum atomic E-state index is 12.4. The van der Waals surface area contributed by atoms with E-state index >= 15 is 0 Å². The van der Waals surface area contributed by atoms with Crippen LogP contribution in [0.4, 0.5) is 0 Å². The molecule has 7 nitrogen and oxygen atoms in total. The number of benzene rings is 1. The van der Waals surface area contributed by atoms with Crippen LogP contribution in [0.2, 0.25) is 0 Å². The second kappa shape index (κ2) is 7.29. The molecule has 2 unspecified atom stereocenters. The Hall–Kier alpha value is -1.64. The molecule has 0 aromatic heterocycles. The molecule has 2 atom stereocenters. The van der Waals surface area contributed by atoms with Gasteiger partial charge in [-0.05, 0) is 49.4 Å². The normalized spacial score (nSPS) is 19.5. The van der Waals surface area contributed by atoms with Crippen molar-refractivity contribution in [3.63, 3.8) is 0 Å². The van der Waals surface area contributed by atoms with Crippen molar-refractivity contribution < 1.29 is 27.8 Å². The Kier molecular flexibility index (Phi) is 5.61. The molecular formula is C15H21NO6S. The number of nitrogens with one attached hydrogen (secondary N) is 1. The molecule has 0 spiro atoms. The van der Waals surface area contributed by atoms with E-state index in [1.54, 1.807) is 13.0 Å². The van der Waals surface area contributed by atoms with Crippen molar-refractivity contribution in [3.05, 3.63) is 23.8 Å². The van der Waals surface area contributed by atoms with Gasteiger partial charge in [0.1, 0.15) is 11.8 Å². The fourth-order valence-electron chi connectivity index (χ4n) is 2.58. The molecule has 1 fully saturated rings. The summed E-state index contributed by atoms with van der Waals surface area (Å²) in [6, 6.07) is 3.23. The first-order chi connectivity index (χ1) is 10.8. The van der Waals surface area contributed by atoms with Gasteiger partial charge in [-0.2, -0.15) is 4.72 Å². The Morgan fingerprint density at radius 1 is 1.52 bits per heavy atom. The smallest absolute Gasteiger partial charge is 0.321 e. The zero-order chi connectivity index (χ0) is 17.0. The van der Waals surface area contributed by atoms with E-state index < -0.39 is 22.0 Å². The number of methoxy groups -OCH3 is 1. The summed E-state index contributed by atoms with van der Waals surface area (Å²) in [5.74, 6) is -0.566. The molecule has 1 heterocycles. The number of sulfonamides is 1. The first kappa shape index (κ1) is 17.7. The minimum atomic E-state index is -3.92. The van der Waals surface area contributed by atoms with Gasteiger partial charge in [-0.3, -0.25) is 4.79 Å². The fourth-order valence-corrected chi connectivity index (χ4v) is 3.86. The van der Waals surface area contributed by atoms with E-state index in [9.17, 15) is 18.3 Å². The molecule has 1 aromatic rings. The number of carbonyl (C=O) groups is 1. The summed E-state index contributed by atoms with van der Waals surface area (Å²) >= 11 is 0.